The first kappa shape index (κ1) is 27.0. The van der Waals surface area contributed by atoms with Crippen LogP contribution in [0.4, 0.5) is 0 Å². The Labute approximate surface area is 219 Å². The number of methoxy groups -OCH3 is 1. The van der Waals surface area contributed by atoms with Crippen LogP contribution < -0.4 is 15.4 Å². The molecule has 2 amide bonds. The van der Waals surface area contributed by atoms with E-state index in [1.54, 1.807) is 12.3 Å². The topological polar surface area (TPSA) is 137 Å². The van der Waals surface area contributed by atoms with Crippen LogP contribution in [0, 0.1) is 0 Å². The molecule has 2 aromatic heterocycles. The average Bonchev–Trinajstić information content (AvgIpc) is 3.57. The molecule has 1 fully saturated rings. The maximum absolute atomic E-state index is 13.1. The second kappa shape index (κ2) is 11.5. The molecular formula is C25H30N4O6S2. The first-order chi connectivity index (χ1) is 17.7. The molecule has 2 N–H and O–H groups in total. The zero-order valence-electron chi connectivity index (χ0n) is 20.9. The monoisotopic (exact) mass is 546 g/mol. The molecule has 2 heterocycles. The molecule has 1 aromatic carbocycles. The van der Waals surface area contributed by atoms with Crippen LogP contribution in [0.5, 0.6) is 5.88 Å². The maximum atomic E-state index is 13.1. The fourth-order valence-corrected chi connectivity index (χ4v) is 6.53. The Bertz CT molecular complexity index is 1370. The Morgan fingerprint density at radius 2 is 1.92 bits per heavy atom. The van der Waals surface area contributed by atoms with E-state index in [0.717, 1.165) is 40.0 Å². The molecule has 3 aromatic rings. The van der Waals surface area contributed by atoms with Gasteiger partial charge in [0.15, 0.2) is 15.1 Å². The van der Waals surface area contributed by atoms with E-state index in [2.05, 4.69) is 20.6 Å². The number of sulfone groups is 1. The number of pyridine rings is 1. The van der Waals surface area contributed by atoms with E-state index in [4.69, 9.17) is 9.47 Å². The van der Waals surface area contributed by atoms with Gasteiger partial charge in [-0.2, -0.15) is 0 Å². The van der Waals surface area contributed by atoms with Crippen molar-refractivity contribution in [2.75, 3.05) is 26.0 Å². The molecular weight excluding hydrogens is 516 g/mol. The lowest BCUT2D eigenvalue weighted by atomic mass is 10.1. The van der Waals surface area contributed by atoms with Gasteiger partial charge in [-0.05, 0) is 50.5 Å². The maximum Gasteiger partial charge on any atom is 0.245 e. The smallest absolute Gasteiger partial charge is 0.245 e. The van der Waals surface area contributed by atoms with E-state index in [0.29, 0.717) is 11.4 Å². The highest BCUT2D eigenvalue weighted by atomic mass is 32.2. The molecule has 37 heavy (non-hydrogen) atoms. The third-order valence-corrected chi connectivity index (χ3v) is 8.73. The van der Waals surface area contributed by atoms with E-state index in [9.17, 15) is 18.0 Å². The van der Waals surface area contributed by atoms with Gasteiger partial charge < -0.3 is 20.1 Å². The zero-order chi connectivity index (χ0) is 26.6. The summed E-state index contributed by atoms with van der Waals surface area (Å²) in [6, 6.07) is 9.37. The molecule has 0 aliphatic heterocycles. The zero-order valence-corrected chi connectivity index (χ0v) is 22.5. The number of nitrogens with one attached hydrogen (secondary N) is 2. The van der Waals surface area contributed by atoms with Crippen molar-refractivity contribution in [3.63, 3.8) is 0 Å². The SMILES string of the molecule is COCCS(=O)(=O)C(C(=O)NCC(=O)NC1CC1)c1nc2cc(-c3ccc(OC(C)C)nc3)ccc2s1. The van der Waals surface area contributed by atoms with E-state index in [1.165, 1.54) is 7.11 Å². The summed E-state index contributed by atoms with van der Waals surface area (Å²) >= 11 is 1.13. The van der Waals surface area contributed by atoms with Gasteiger partial charge in [0.2, 0.25) is 17.7 Å². The minimum Gasteiger partial charge on any atom is -0.475 e. The number of hydrogen-bond donors (Lipinski definition) is 2. The number of amides is 2. The highest BCUT2D eigenvalue weighted by Crippen LogP contribution is 2.34. The molecule has 4 rings (SSSR count). The van der Waals surface area contributed by atoms with Gasteiger partial charge in [0.1, 0.15) is 5.01 Å². The van der Waals surface area contributed by atoms with Crippen molar-refractivity contribution in [2.45, 2.75) is 44.1 Å². The van der Waals surface area contributed by atoms with Gasteiger partial charge >= 0.3 is 0 Å². The first-order valence-electron chi connectivity index (χ1n) is 12.0. The van der Waals surface area contributed by atoms with Gasteiger partial charge in [-0.1, -0.05) is 6.07 Å². The molecule has 1 unspecified atom stereocenters. The lowest BCUT2D eigenvalue weighted by Gasteiger charge is -2.15. The number of carbonyl (C=O) groups excluding carboxylic acids is 2. The Hall–Kier alpha value is -3.09. The molecule has 0 radical (unpaired) electrons. The summed E-state index contributed by atoms with van der Waals surface area (Å²) in [4.78, 5) is 34.0. The van der Waals surface area contributed by atoms with Gasteiger partial charge in [0.25, 0.3) is 0 Å². The number of aromatic nitrogens is 2. The van der Waals surface area contributed by atoms with E-state index in [1.807, 2.05) is 38.1 Å². The van der Waals surface area contributed by atoms with Crippen LogP contribution in [0.15, 0.2) is 36.5 Å². The second-order valence-corrected chi connectivity index (χ2v) is 12.4. The van der Waals surface area contributed by atoms with Crippen LogP contribution in [0.3, 0.4) is 0 Å². The summed E-state index contributed by atoms with van der Waals surface area (Å²) in [5.74, 6) is -0.965. The largest absolute Gasteiger partial charge is 0.475 e. The van der Waals surface area contributed by atoms with Crippen molar-refractivity contribution in [3.05, 3.63) is 41.5 Å². The summed E-state index contributed by atoms with van der Waals surface area (Å²) in [5.41, 5.74) is 2.25. The summed E-state index contributed by atoms with van der Waals surface area (Å²) < 4.78 is 37.6. The summed E-state index contributed by atoms with van der Waals surface area (Å²) in [7, 11) is -2.57. The number of benzene rings is 1. The molecule has 0 spiro atoms. The fourth-order valence-electron chi connectivity index (χ4n) is 3.61. The molecule has 198 valence electrons. The van der Waals surface area contributed by atoms with Gasteiger partial charge in [-0.3, -0.25) is 9.59 Å². The molecule has 0 saturated heterocycles. The van der Waals surface area contributed by atoms with Crippen LogP contribution in [0.1, 0.15) is 36.9 Å². The Balaban J connectivity index is 1.59. The quantitative estimate of drug-likeness (QED) is 0.354. The van der Waals surface area contributed by atoms with Crippen molar-refractivity contribution >= 4 is 43.2 Å². The molecule has 1 atom stereocenters. The van der Waals surface area contributed by atoms with Crippen LogP contribution >= 0.6 is 11.3 Å². The van der Waals surface area contributed by atoms with Crippen LogP contribution in [-0.2, 0) is 24.2 Å². The summed E-state index contributed by atoms with van der Waals surface area (Å²) in [5, 5.41) is 3.83. The van der Waals surface area contributed by atoms with Crippen molar-refractivity contribution in [3.8, 4) is 17.0 Å². The molecule has 1 saturated carbocycles. The van der Waals surface area contributed by atoms with Gasteiger partial charge in [-0.25, -0.2) is 18.4 Å². The predicted molar refractivity (Wildman–Crippen MR) is 141 cm³/mol. The lowest BCUT2D eigenvalue weighted by molar-refractivity contribution is -0.126. The van der Waals surface area contributed by atoms with E-state index >= 15 is 0 Å². The van der Waals surface area contributed by atoms with Gasteiger partial charge in [-0.15, -0.1) is 11.3 Å². The third-order valence-electron chi connectivity index (χ3n) is 5.59. The number of ether oxygens (including phenoxy) is 2. The summed E-state index contributed by atoms with van der Waals surface area (Å²) in [6.07, 6.45) is 3.53. The minimum atomic E-state index is -3.96. The Morgan fingerprint density at radius 1 is 1.16 bits per heavy atom. The number of fused-ring (bicyclic) bond motifs is 1. The van der Waals surface area contributed by atoms with E-state index in [-0.39, 0.29) is 42.0 Å². The van der Waals surface area contributed by atoms with Crippen molar-refractivity contribution in [1.29, 1.82) is 0 Å². The number of nitrogens with zero attached hydrogens (tertiary/aromatic N) is 2. The van der Waals surface area contributed by atoms with Gasteiger partial charge in [0, 0.05) is 31.0 Å². The minimum absolute atomic E-state index is 0.0148. The van der Waals surface area contributed by atoms with Crippen LogP contribution in [0.25, 0.3) is 21.3 Å². The van der Waals surface area contributed by atoms with E-state index < -0.39 is 21.0 Å². The Kier molecular flexibility index (Phi) is 8.40. The molecule has 1 aliphatic carbocycles. The van der Waals surface area contributed by atoms with Gasteiger partial charge in [0.05, 0.1) is 35.2 Å². The molecule has 12 heteroatoms. The number of carbonyl (C=O) groups is 2. The highest BCUT2D eigenvalue weighted by molar-refractivity contribution is 7.92. The first-order valence-corrected chi connectivity index (χ1v) is 14.5. The fraction of sp³-hybridized carbons (Fsp3) is 0.440. The summed E-state index contributed by atoms with van der Waals surface area (Å²) in [6.45, 7) is 3.49. The standard InChI is InChI=1S/C25H30N4O6S2/c1-15(2)35-22-9-5-17(13-26-22)16-4-8-20-19(12-16)29-25(36-20)23(37(32,33)11-10-34-3)24(31)27-14-21(30)28-18-6-7-18/h4-5,8-9,12-13,15,18,23H,6-7,10-11,14H2,1-3H3,(H,27,31)(H,28,30). The third kappa shape index (κ3) is 7.02. The molecule has 1 aliphatic rings. The van der Waals surface area contributed by atoms with Crippen molar-refractivity contribution in [1.82, 2.24) is 20.6 Å². The number of rotatable bonds is 12. The normalized spacial score (nSPS) is 14.5. The molecule has 10 nitrogen and oxygen atoms in total. The Morgan fingerprint density at radius 3 is 2.57 bits per heavy atom. The highest BCUT2D eigenvalue weighted by Gasteiger charge is 2.37. The second-order valence-electron chi connectivity index (χ2n) is 9.09. The number of hydrogen-bond acceptors (Lipinski definition) is 9. The number of thiazole rings is 1. The van der Waals surface area contributed by atoms with Crippen molar-refractivity contribution in [2.24, 2.45) is 0 Å². The van der Waals surface area contributed by atoms with Crippen LogP contribution in [0.2, 0.25) is 0 Å². The lowest BCUT2D eigenvalue weighted by Crippen LogP contribution is -2.41. The predicted octanol–water partition coefficient (Wildman–Crippen LogP) is 2.64. The van der Waals surface area contributed by atoms with Crippen molar-refractivity contribution < 1.29 is 27.5 Å². The average molecular weight is 547 g/mol. The van der Waals surface area contributed by atoms with Crippen LogP contribution in [-0.4, -0.2) is 68.4 Å². The molecule has 0 bridgehead atoms.